The topological polar surface area (TPSA) is 124 Å². The number of hydrogen-bond acceptors (Lipinski definition) is 5. The minimum atomic E-state index is -2.45. The highest BCUT2D eigenvalue weighted by Crippen LogP contribution is 2.25. The molecule has 0 aliphatic carbocycles. The summed E-state index contributed by atoms with van der Waals surface area (Å²) < 4.78 is 5.30. The van der Waals surface area contributed by atoms with Gasteiger partial charge in [-0.25, -0.2) is 4.79 Å². The summed E-state index contributed by atoms with van der Waals surface area (Å²) in [6.07, 6.45) is 1.95. The monoisotopic (exact) mass is 402 g/mol. The first kappa shape index (κ1) is 23.2. The lowest BCUT2D eigenvalue weighted by Crippen LogP contribution is -2.43. The molecule has 0 saturated carbocycles. The molecule has 4 N–H and O–H groups in total. The van der Waals surface area contributed by atoms with E-state index >= 15 is 0 Å². The molecule has 0 unspecified atom stereocenters. The van der Waals surface area contributed by atoms with Crippen molar-refractivity contribution in [2.45, 2.75) is 63.1 Å². The first-order chi connectivity index (χ1) is 12.7. The summed E-state index contributed by atoms with van der Waals surface area (Å²) in [5.41, 5.74) is -1.38. The van der Waals surface area contributed by atoms with Crippen LogP contribution in [0.25, 0.3) is 0 Å². The predicted octanol–water partition coefficient (Wildman–Crippen LogP) is 2.88. The Kier molecular flexibility index (Phi) is 9.55. The molecule has 0 bridgehead atoms. The van der Waals surface area contributed by atoms with E-state index in [-0.39, 0.29) is 0 Å². The van der Waals surface area contributed by atoms with Gasteiger partial charge in [0, 0.05) is 11.4 Å². The highest BCUT2D eigenvalue weighted by Gasteiger charge is 2.40. The lowest BCUT2D eigenvalue weighted by molar-refractivity contribution is -0.168. The SMILES string of the molecule is COc1cc(Cl)ccc1CCCCCC[C@H](O)C[C@@](O)(CC(=O)O)C(=O)O. The fourth-order valence-electron chi connectivity index (χ4n) is 2.95. The third kappa shape index (κ3) is 8.15. The van der Waals surface area contributed by atoms with Crippen molar-refractivity contribution >= 4 is 23.5 Å². The van der Waals surface area contributed by atoms with Crippen LogP contribution in [0, 0.1) is 0 Å². The standard InChI is InChI=1S/C19H27ClO7/c1-27-16-10-14(20)9-8-13(16)6-4-2-3-5-7-15(21)11-19(26,18(24)25)12-17(22)23/h8-10,15,21,26H,2-7,11-12H2,1H3,(H,22,23)(H,24,25)/t15-,19+/m0/s1. The fourth-order valence-corrected chi connectivity index (χ4v) is 3.11. The number of aryl methyl sites for hydroxylation is 1. The number of halogens is 1. The molecule has 1 rings (SSSR count). The van der Waals surface area contributed by atoms with Crippen molar-refractivity contribution in [2.75, 3.05) is 7.11 Å². The molecule has 0 heterocycles. The van der Waals surface area contributed by atoms with E-state index in [1.807, 2.05) is 12.1 Å². The Morgan fingerprint density at radius 1 is 1.19 bits per heavy atom. The Balaban J connectivity index is 2.31. The summed E-state index contributed by atoms with van der Waals surface area (Å²) in [6.45, 7) is 0. The van der Waals surface area contributed by atoms with Gasteiger partial charge in [-0.15, -0.1) is 0 Å². The van der Waals surface area contributed by atoms with Crippen molar-refractivity contribution in [3.8, 4) is 5.75 Å². The number of carbonyl (C=O) groups is 2. The van der Waals surface area contributed by atoms with E-state index in [9.17, 15) is 19.8 Å². The minimum absolute atomic E-state index is 0.305. The second-order valence-corrected chi connectivity index (χ2v) is 7.11. The molecule has 0 radical (unpaired) electrons. The quantitative estimate of drug-likeness (QED) is 0.374. The van der Waals surface area contributed by atoms with Crippen molar-refractivity contribution in [3.05, 3.63) is 28.8 Å². The van der Waals surface area contributed by atoms with Gasteiger partial charge in [-0.05, 0) is 37.0 Å². The predicted molar refractivity (Wildman–Crippen MR) is 100 cm³/mol. The van der Waals surface area contributed by atoms with Gasteiger partial charge in [0.25, 0.3) is 0 Å². The number of aliphatic hydroxyl groups is 2. The molecular formula is C19H27ClO7. The average Bonchev–Trinajstić information content (AvgIpc) is 2.57. The van der Waals surface area contributed by atoms with Crippen molar-refractivity contribution in [1.29, 1.82) is 0 Å². The fraction of sp³-hybridized carbons (Fsp3) is 0.579. The molecule has 0 aromatic heterocycles. The molecule has 0 spiro atoms. The average molecular weight is 403 g/mol. The minimum Gasteiger partial charge on any atom is -0.496 e. The molecule has 2 atom stereocenters. The zero-order valence-corrected chi connectivity index (χ0v) is 16.1. The Bertz CT molecular complexity index is 634. The number of aliphatic carboxylic acids is 2. The first-order valence-corrected chi connectivity index (χ1v) is 9.24. The summed E-state index contributed by atoms with van der Waals surface area (Å²) in [5, 5.41) is 38.2. The maximum Gasteiger partial charge on any atom is 0.336 e. The van der Waals surface area contributed by atoms with Crippen LogP contribution in [0.3, 0.4) is 0 Å². The number of carboxylic acids is 2. The highest BCUT2D eigenvalue weighted by atomic mass is 35.5. The summed E-state index contributed by atoms with van der Waals surface area (Å²) in [4.78, 5) is 21.8. The Morgan fingerprint density at radius 2 is 1.85 bits per heavy atom. The molecule has 7 nitrogen and oxygen atoms in total. The normalized spacial score (nSPS) is 14.4. The molecule has 0 fully saturated rings. The number of carboxylic acid groups (broad SMARTS) is 2. The maximum atomic E-state index is 11.1. The Hall–Kier alpha value is -1.83. The van der Waals surface area contributed by atoms with Crippen LogP contribution in [0.5, 0.6) is 5.75 Å². The lowest BCUT2D eigenvalue weighted by atomic mass is 9.90. The van der Waals surface area contributed by atoms with Crippen LogP contribution in [0.1, 0.15) is 50.5 Å². The third-order valence-corrected chi connectivity index (χ3v) is 4.63. The number of ether oxygens (including phenoxy) is 1. The molecule has 8 heteroatoms. The van der Waals surface area contributed by atoms with Crippen LogP contribution >= 0.6 is 11.6 Å². The van der Waals surface area contributed by atoms with E-state index in [0.717, 1.165) is 37.0 Å². The van der Waals surface area contributed by atoms with Gasteiger partial charge in [-0.1, -0.05) is 36.9 Å². The van der Waals surface area contributed by atoms with Crippen molar-refractivity contribution in [1.82, 2.24) is 0 Å². The van der Waals surface area contributed by atoms with Gasteiger partial charge in [0.2, 0.25) is 0 Å². The number of benzene rings is 1. The van der Waals surface area contributed by atoms with Crippen LogP contribution < -0.4 is 4.74 Å². The van der Waals surface area contributed by atoms with Crippen LogP contribution in [0.2, 0.25) is 5.02 Å². The largest absolute Gasteiger partial charge is 0.496 e. The van der Waals surface area contributed by atoms with E-state index in [1.165, 1.54) is 0 Å². The second-order valence-electron chi connectivity index (χ2n) is 6.67. The molecule has 1 aromatic carbocycles. The Labute approximate surface area is 163 Å². The van der Waals surface area contributed by atoms with Gasteiger partial charge in [-0.3, -0.25) is 4.79 Å². The van der Waals surface area contributed by atoms with Gasteiger partial charge in [0.1, 0.15) is 5.75 Å². The van der Waals surface area contributed by atoms with Crippen LogP contribution in [-0.4, -0.2) is 51.2 Å². The summed E-state index contributed by atoms with van der Waals surface area (Å²) in [6, 6.07) is 5.52. The number of hydrogen-bond donors (Lipinski definition) is 4. The van der Waals surface area contributed by atoms with Crippen LogP contribution in [0.15, 0.2) is 18.2 Å². The van der Waals surface area contributed by atoms with Gasteiger partial charge in [-0.2, -0.15) is 0 Å². The molecule has 152 valence electrons. The number of rotatable bonds is 13. The van der Waals surface area contributed by atoms with E-state index in [0.29, 0.717) is 17.9 Å². The van der Waals surface area contributed by atoms with Crippen molar-refractivity contribution < 1.29 is 34.8 Å². The van der Waals surface area contributed by atoms with E-state index in [1.54, 1.807) is 13.2 Å². The number of unbranched alkanes of at least 4 members (excludes halogenated alkanes) is 3. The number of aliphatic hydroxyl groups excluding tert-OH is 1. The van der Waals surface area contributed by atoms with Gasteiger partial charge in [0.05, 0.1) is 19.6 Å². The van der Waals surface area contributed by atoms with E-state index < -0.39 is 36.5 Å². The van der Waals surface area contributed by atoms with Crippen molar-refractivity contribution in [3.63, 3.8) is 0 Å². The molecule has 0 aliphatic rings. The van der Waals surface area contributed by atoms with Crippen LogP contribution in [0.4, 0.5) is 0 Å². The molecule has 1 aromatic rings. The van der Waals surface area contributed by atoms with E-state index in [2.05, 4.69) is 0 Å². The van der Waals surface area contributed by atoms with Gasteiger partial charge >= 0.3 is 11.9 Å². The maximum absolute atomic E-state index is 11.1. The zero-order valence-electron chi connectivity index (χ0n) is 15.4. The van der Waals surface area contributed by atoms with Gasteiger partial charge < -0.3 is 25.2 Å². The van der Waals surface area contributed by atoms with Gasteiger partial charge in [0.15, 0.2) is 5.60 Å². The lowest BCUT2D eigenvalue weighted by Gasteiger charge is -2.24. The molecule has 0 aliphatic heterocycles. The molecule has 27 heavy (non-hydrogen) atoms. The third-order valence-electron chi connectivity index (χ3n) is 4.40. The second kappa shape index (κ2) is 11.1. The van der Waals surface area contributed by atoms with Crippen molar-refractivity contribution in [2.24, 2.45) is 0 Å². The summed E-state index contributed by atoms with van der Waals surface area (Å²) in [5.74, 6) is -2.31. The molecule has 0 saturated heterocycles. The smallest absolute Gasteiger partial charge is 0.336 e. The zero-order chi connectivity index (χ0) is 20.4. The van der Waals surface area contributed by atoms with Crippen LogP contribution in [-0.2, 0) is 16.0 Å². The summed E-state index contributed by atoms with van der Waals surface area (Å²) in [7, 11) is 1.60. The van der Waals surface area contributed by atoms with E-state index in [4.69, 9.17) is 26.6 Å². The summed E-state index contributed by atoms with van der Waals surface area (Å²) >= 11 is 5.93. The number of methoxy groups -OCH3 is 1. The highest BCUT2D eigenvalue weighted by molar-refractivity contribution is 6.30. The Morgan fingerprint density at radius 3 is 2.44 bits per heavy atom. The molecule has 0 amide bonds. The first-order valence-electron chi connectivity index (χ1n) is 8.86. The molecular weight excluding hydrogens is 376 g/mol.